The summed E-state index contributed by atoms with van der Waals surface area (Å²) in [7, 11) is 0. The zero-order valence-electron chi connectivity index (χ0n) is 10.4. The maximum atomic E-state index is 11.9. The predicted octanol–water partition coefficient (Wildman–Crippen LogP) is 0.521. The average Bonchev–Trinajstić information content (AvgIpc) is 2.89. The monoisotopic (exact) mass is 254 g/mol. The Morgan fingerprint density at radius 2 is 2.11 bits per heavy atom. The Morgan fingerprint density at radius 3 is 2.84 bits per heavy atom. The molecule has 0 spiro atoms. The number of amides is 1. The van der Waals surface area contributed by atoms with Crippen molar-refractivity contribution in [3.8, 4) is 0 Å². The smallest absolute Gasteiger partial charge is 0.247 e. The fraction of sp³-hybridized carbons (Fsp3) is 0.214. The van der Waals surface area contributed by atoms with Gasteiger partial charge in [-0.3, -0.25) is 20.1 Å². The van der Waals surface area contributed by atoms with Crippen LogP contribution in [0.2, 0.25) is 0 Å². The molecule has 1 aromatic rings. The number of nitrogens with one attached hydrogen (secondary N) is 2. The SMILES string of the molecule is C=C1CNC(C2=NCC(c3ccncc3)=C2)C(=O)N1. The fourth-order valence-electron chi connectivity index (χ4n) is 2.21. The number of nitrogens with zero attached hydrogens (tertiary/aromatic N) is 2. The van der Waals surface area contributed by atoms with Gasteiger partial charge in [-0.25, -0.2) is 0 Å². The molecular formula is C14H14N4O. The van der Waals surface area contributed by atoms with Crippen molar-refractivity contribution in [1.29, 1.82) is 0 Å². The van der Waals surface area contributed by atoms with Crippen LogP contribution >= 0.6 is 0 Å². The van der Waals surface area contributed by atoms with E-state index in [1.807, 2.05) is 18.2 Å². The third-order valence-electron chi connectivity index (χ3n) is 3.18. The number of aliphatic imine (C=N–C) groups is 1. The zero-order chi connectivity index (χ0) is 13.2. The molecule has 0 aliphatic carbocycles. The van der Waals surface area contributed by atoms with E-state index in [0.29, 0.717) is 18.8 Å². The predicted molar refractivity (Wildman–Crippen MR) is 73.6 cm³/mol. The molecule has 1 atom stereocenters. The zero-order valence-corrected chi connectivity index (χ0v) is 10.4. The summed E-state index contributed by atoms with van der Waals surface area (Å²) in [6.07, 6.45) is 5.48. The van der Waals surface area contributed by atoms with Crippen molar-refractivity contribution < 1.29 is 4.79 Å². The molecule has 5 nitrogen and oxygen atoms in total. The Bertz CT molecular complexity index is 589. The third-order valence-corrected chi connectivity index (χ3v) is 3.18. The molecule has 2 N–H and O–H groups in total. The van der Waals surface area contributed by atoms with E-state index < -0.39 is 0 Å². The van der Waals surface area contributed by atoms with E-state index in [1.54, 1.807) is 12.4 Å². The normalized spacial score (nSPS) is 22.8. The van der Waals surface area contributed by atoms with Crippen LogP contribution in [0.25, 0.3) is 5.57 Å². The van der Waals surface area contributed by atoms with Gasteiger partial charge >= 0.3 is 0 Å². The van der Waals surface area contributed by atoms with Crippen LogP contribution in [-0.4, -0.2) is 35.7 Å². The lowest BCUT2D eigenvalue weighted by Crippen LogP contribution is -2.54. The summed E-state index contributed by atoms with van der Waals surface area (Å²) in [5, 5.41) is 5.88. The first kappa shape index (κ1) is 11.8. The molecule has 2 aliphatic rings. The van der Waals surface area contributed by atoms with Crippen LogP contribution in [-0.2, 0) is 4.79 Å². The molecule has 1 aromatic heterocycles. The van der Waals surface area contributed by atoms with Crippen molar-refractivity contribution in [2.45, 2.75) is 6.04 Å². The second kappa shape index (κ2) is 4.78. The topological polar surface area (TPSA) is 66.4 Å². The minimum Gasteiger partial charge on any atom is -0.327 e. The Hall–Kier alpha value is -2.27. The van der Waals surface area contributed by atoms with Gasteiger partial charge in [-0.05, 0) is 29.3 Å². The highest BCUT2D eigenvalue weighted by Crippen LogP contribution is 2.20. The molecule has 1 saturated heterocycles. The lowest BCUT2D eigenvalue weighted by atomic mass is 10.0. The van der Waals surface area contributed by atoms with Gasteiger partial charge in [-0.15, -0.1) is 0 Å². The van der Waals surface area contributed by atoms with Crippen molar-refractivity contribution in [3.05, 3.63) is 48.4 Å². The summed E-state index contributed by atoms with van der Waals surface area (Å²) >= 11 is 0. The number of piperazine rings is 1. The van der Waals surface area contributed by atoms with Gasteiger partial charge in [0.1, 0.15) is 6.04 Å². The molecule has 96 valence electrons. The van der Waals surface area contributed by atoms with Crippen molar-refractivity contribution in [1.82, 2.24) is 15.6 Å². The molecule has 1 amide bonds. The number of hydrogen-bond donors (Lipinski definition) is 2. The number of rotatable bonds is 2. The molecule has 3 rings (SSSR count). The maximum Gasteiger partial charge on any atom is 0.247 e. The van der Waals surface area contributed by atoms with Gasteiger partial charge < -0.3 is 5.32 Å². The lowest BCUT2D eigenvalue weighted by Gasteiger charge is -2.24. The van der Waals surface area contributed by atoms with Gasteiger partial charge in [-0.1, -0.05) is 6.58 Å². The highest BCUT2D eigenvalue weighted by molar-refractivity contribution is 6.18. The Kier molecular flexibility index (Phi) is 2.97. The molecule has 0 bridgehead atoms. The number of pyridine rings is 1. The third kappa shape index (κ3) is 2.32. The lowest BCUT2D eigenvalue weighted by molar-refractivity contribution is -0.121. The van der Waals surface area contributed by atoms with Crippen molar-refractivity contribution in [2.75, 3.05) is 13.1 Å². The summed E-state index contributed by atoms with van der Waals surface area (Å²) in [5.74, 6) is -0.0952. The van der Waals surface area contributed by atoms with Crippen LogP contribution in [0.4, 0.5) is 0 Å². The molecule has 0 radical (unpaired) electrons. The van der Waals surface area contributed by atoms with Crippen LogP contribution in [0.5, 0.6) is 0 Å². The highest BCUT2D eigenvalue weighted by atomic mass is 16.2. The van der Waals surface area contributed by atoms with Gasteiger partial charge in [0, 0.05) is 24.6 Å². The van der Waals surface area contributed by atoms with E-state index in [0.717, 1.165) is 16.8 Å². The molecule has 5 heteroatoms. The molecule has 0 aromatic carbocycles. The molecule has 3 heterocycles. The summed E-state index contributed by atoms with van der Waals surface area (Å²) < 4.78 is 0. The highest BCUT2D eigenvalue weighted by Gasteiger charge is 2.29. The minimum atomic E-state index is -0.384. The molecule has 1 unspecified atom stereocenters. The number of aromatic nitrogens is 1. The van der Waals surface area contributed by atoms with E-state index in [2.05, 4.69) is 27.2 Å². The molecule has 0 saturated carbocycles. The Morgan fingerprint density at radius 1 is 1.32 bits per heavy atom. The van der Waals surface area contributed by atoms with Crippen molar-refractivity contribution in [2.24, 2.45) is 4.99 Å². The molecule has 2 aliphatic heterocycles. The second-order valence-corrected chi connectivity index (χ2v) is 4.55. The number of carbonyl (C=O) groups is 1. The summed E-state index contributed by atoms with van der Waals surface area (Å²) in [6, 6.07) is 3.51. The first-order valence-corrected chi connectivity index (χ1v) is 6.11. The molecule has 19 heavy (non-hydrogen) atoms. The van der Waals surface area contributed by atoms with E-state index >= 15 is 0 Å². The van der Waals surface area contributed by atoms with E-state index in [-0.39, 0.29) is 11.9 Å². The first-order valence-electron chi connectivity index (χ1n) is 6.11. The van der Waals surface area contributed by atoms with Crippen LogP contribution in [0.1, 0.15) is 5.56 Å². The van der Waals surface area contributed by atoms with Crippen LogP contribution in [0, 0.1) is 0 Å². The minimum absolute atomic E-state index is 0.0952. The second-order valence-electron chi connectivity index (χ2n) is 4.55. The van der Waals surface area contributed by atoms with Gasteiger partial charge in [-0.2, -0.15) is 0 Å². The van der Waals surface area contributed by atoms with Gasteiger partial charge in [0.25, 0.3) is 0 Å². The van der Waals surface area contributed by atoms with E-state index in [9.17, 15) is 4.79 Å². The first-order chi connectivity index (χ1) is 9.24. The van der Waals surface area contributed by atoms with Crippen LogP contribution < -0.4 is 10.6 Å². The summed E-state index contributed by atoms with van der Waals surface area (Å²) in [6.45, 7) is 4.91. The molecular weight excluding hydrogens is 240 g/mol. The van der Waals surface area contributed by atoms with Crippen molar-refractivity contribution >= 4 is 17.2 Å². The van der Waals surface area contributed by atoms with Crippen LogP contribution in [0.15, 0.2) is 47.9 Å². The number of carbonyl (C=O) groups excluding carboxylic acids is 1. The Labute approximate surface area is 111 Å². The van der Waals surface area contributed by atoms with Gasteiger partial charge in [0.05, 0.1) is 12.3 Å². The Balaban J connectivity index is 1.79. The summed E-state index contributed by atoms with van der Waals surface area (Å²) in [5.41, 5.74) is 3.67. The number of hydrogen-bond acceptors (Lipinski definition) is 4. The van der Waals surface area contributed by atoms with Crippen LogP contribution in [0.3, 0.4) is 0 Å². The summed E-state index contributed by atoms with van der Waals surface area (Å²) in [4.78, 5) is 20.3. The maximum absolute atomic E-state index is 11.9. The quantitative estimate of drug-likeness (QED) is 0.808. The van der Waals surface area contributed by atoms with Gasteiger partial charge in [0.2, 0.25) is 5.91 Å². The standard InChI is InChI=1S/C14H14N4O/c1-9-7-17-13(14(19)18-9)12-6-11(8-16-12)10-2-4-15-5-3-10/h2-6,13,17H,1,7-8H2,(H,18,19). The average molecular weight is 254 g/mol. The fourth-order valence-corrected chi connectivity index (χ4v) is 2.21. The van der Waals surface area contributed by atoms with E-state index in [1.165, 1.54) is 0 Å². The van der Waals surface area contributed by atoms with Crippen molar-refractivity contribution in [3.63, 3.8) is 0 Å². The van der Waals surface area contributed by atoms with E-state index in [4.69, 9.17) is 0 Å². The largest absolute Gasteiger partial charge is 0.327 e. The molecule has 1 fully saturated rings. The van der Waals surface area contributed by atoms with Gasteiger partial charge in [0.15, 0.2) is 0 Å².